The Bertz CT molecular complexity index is 236. The molecule has 0 saturated carbocycles. The summed E-state index contributed by atoms with van der Waals surface area (Å²) in [6.45, 7) is 0.0403. The smallest absolute Gasteiger partial charge is 0.395 e. The number of nitrogens with one attached hydrogen (secondary N) is 1. The van der Waals surface area contributed by atoms with Crippen LogP contribution in [0.2, 0.25) is 0 Å². The molecule has 0 fully saturated rings. The number of nitrogens with zero attached hydrogens (tertiary/aromatic N) is 1. The molecule has 0 aromatic heterocycles. The van der Waals surface area contributed by atoms with Crippen LogP contribution in [-0.2, 0) is 4.79 Å². The van der Waals surface area contributed by atoms with Crippen LogP contribution in [0.5, 0.6) is 0 Å². The first-order chi connectivity index (χ1) is 7.80. The Morgan fingerprint density at radius 3 is 2.53 bits per heavy atom. The van der Waals surface area contributed by atoms with Crippen molar-refractivity contribution in [1.29, 1.82) is 0 Å². The molecule has 17 heavy (non-hydrogen) atoms. The van der Waals surface area contributed by atoms with Crippen LogP contribution in [0.25, 0.3) is 0 Å². The van der Waals surface area contributed by atoms with E-state index in [9.17, 15) is 18.0 Å². The summed E-state index contributed by atoms with van der Waals surface area (Å²) >= 11 is 0. The van der Waals surface area contributed by atoms with Gasteiger partial charge in [-0.15, -0.1) is 0 Å². The molecule has 0 saturated heterocycles. The van der Waals surface area contributed by atoms with Gasteiger partial charge in [-0.3, -0.25) is 15.1 Å². The van der Waals surface area contributed by atoms with Crippen molar-refractivity contribution in [2.45, 2.75) is 32.0 Å². The lowest BCUT2D eigenvalue weighted by molar-refractivity contribution is -0.151. The van der Waals surface area contributed by atoms with E-state index in [1.807, 2.05) is 5.43 Å². The van der Waals surface area contributed by atoms with E-state index in [0.717, 1.165) is 4.90 Å². The lowest BCUT2D eigenvalue weighted by atomic mass is 10.1. The van der Waals surface area contributed by atoms with Gasteiger partial charge in [0.2, 0.25) is 5.91 Å². The molecule has 4 N–H and O–H groups in total. The first kappa shape index (κ1) is 16.1. The average molecular weight is 257 g/mol. The first-order valence-electron chi connectivity index (χ1n) is 5.21. The van der Waals surface area contributed by atoms with E-state index in [1.165, 1.54) is 0 Å². The molecule has 0 heterocycles. The van der Waals surface area contributed by atoms with Gasteiger partial charge in [-0.05, 0) is 13.3 Å². The molecule has 0 rings (SSSR count). The van der Waals surface area contributed by atoms with Crippen molar-refractivity contribution in [2.24, 2.45) is 5.84 Å². The van der Waals surface area contributed by atoms with Crippen molar-refractivity contribution in [3.8, 4) is 0 Å². The third-order valence-corrected chi connectivity index (χ3v) is 2.34. The van der Waals surface area contributed by atoms with Crippen molar-refractivity contribution >= 4 is 5.91 Å². The van der Waals surface area contributed by atoms with E-state index in [1.54, 1.807) is 6.92 Å². The summed E-state index contributed by atoms with van der Waals surface area (Å²) in [5.74, 6) is 4.44. The quantitative estimate of drug-likeness (QED) is 0.341. The lowest BCUT2D eigenvalue weighted by Gasteiger charge is -2.29. The van der Waals surface area contributed by atoms with E-state index in [2.05, 4.69) is 0 Å². The minimum Gasteiger partial charge on any atom is -0.395 e. The van der Waals surface area contributed by atoms with Gasteiger partial charge in [0, 0.05) is 19.0 Å². The number of aliphatic hydroxyl groups is 1. The van der Waals surface area contributed by atoms with Crippen LogP contribution in [0, 0.1) is 0 Å². The second kappa shape index (κ2) is 7.46. The fraction of sp³-hybridized carbons (Fsp3) is 0.889. The van der Waals surface area contributed by atoms with Crippen LogP contribution in [-0.4, -0.2) is 47.8 Å². The predicted octanol–water partition coefficient (Wildman–Crippen LogP) is 0.00160. The highest BCUT2D eigenvalue weighted by molar-refractivity contribution is 5.75. The third-order valence-electron chi connectivity index (χ3n) is 2.34. The number of amides is 1. The number of carbonyl (C=O) groups is 1. The van der Waals surface area contributed by atoms with Crippen LogP contribution in [0.3, 0.4) is 0 Å². The summed E-state index contributed by atoms with van der Waals surface area (Å²) in [5.41, 5.74) is 1.91. The first-order valence-corrected chi connectivity index (χ1v) is 5.21. The van der Waals surface area contributed by atoms with Gasteiger partial charge in [0.05, 0.1) is 13.2 Å². The van der Waals surface area contributed by atoms with Crippen LogP contribution < -0.4 is 11.3 Å². The minimum atomic E-state index is -4.32. The zero-order valence-electron chi connectivity index (χ0n) is 9.63. The molecule has 5 nitrogen and oxygen atoms in total. The topological polar surface area (TPSA) is 78.6 Å². The standard InChI is InChI=1S/C9H18F3N3O2/c1-7(2-3-8(17)14-13)15(4-5-16)6-9(10,11)12/h7,16H,2-6,13H2,1H3,(H,14,17). The molecule has 1 atom stereocenters. The van der Waals surface area contributed by atoms with Crippen LogP contribution in [0.4, 0.5) is 13.2 Å². The summed E-state index contributed by atoms with van der Waals surface area (Å²) in [5, 5.41) is 8.70. The molecule has 102 valence electrons. The normalized spacial score (nSPS) is 13.8. The molecule has 0 aliphatic rings. The molecular formula is C9H18F3N3O2. The van der Waals surface area contributed by atoms with Crippen molar-refractivity contribution in [3.63, 3.8) is 0 Å². The highest BCUT2D eigenvalue weighted by Gasteiger charge is 2.32. The van der Waals surface area contributed by atoms with Gasteiger partial charge in [-0.2, -0.15) is 13.2 Å². The molecule has 0 bridgehead atoms. The minimum absolute atomic E-state index is 0.0530. The summed E-state index contributed by atoms with van der Waals surface area (Å²) in [7, 11) is 0. The summed E-state index contributed by atoms with van der Waals surface area (Å²) in [4.78, 5) is 11.9. The maximum absolute atomic E-state index is 12.2. The SMILES string of the molecule is CC(CCC(=O)NN)N(CCO)CC(F)(F)F. The van der Waals surface area contributed by atoms with E-state index >= 15 is 0 Å². The average Bonchev–Trinajstić information content (AvgIpc) is 2.23. The van der Waals surface area contributed by atoms with Gasteiger partial charge >= 0.3 is 6.18 Å². The van der Waals surface area contributed by atoms with Gasteiger partial charge in [0.25, 0.3) is 0 Å². The van der Waals surface area contributed by atoms with Crippen molar-refractivity contribution in [2.75, 3.05) is 19.7 Å². The Hall–Kier alpha value is -0.860. The number of hydrogen-bond donors (Lipinski definition) is 3. The predicted molar refractivity (Wildman–Crippen MR) is 55.7 cm³/mol. The second-order valence-electron chi connectivity index (χ2n) is 3.76. The number of hydrogen-bond acceptors (Lipinski definition) is 4. The molecule has 0 spiro atoms. The maximum atomic E-state index is 12.2. The molecule has 0 aromatic rings. The molecule has 1 amide bonds. The van der Waals surface area contributed by atoms with E-state index in [-0.39, 0.29) is 26.0 Å². The molecule has 1 unspecified atom stereocenters. The van der Waals surface area contributed by atoms with Crippen LogP contribution >= 0.6 is 0 Å². The third kappa shape index (κ3) is 7.94. The Morgan fingerprint density at radius 1 is 1.53 bits per heavy atom. The van der Waals surface area contributed by atoms with Crippen molar-refractivity contribution in [3.05, 3.63) is 0 Å². The van der Waals surface area contributed by atoms with Crippen molar-refractivity contribution in [1.82, 2.24) is 10.3 Å². The van der Waals surface area contributed by atoms with Gasteiger partial charge < -0.3 is 5.11 Å². The summed E-state index contributed by atoms with van der Waals surface area (Å²) in [6.07, 6.45) is -4.02. The maximum Gasteiger partial charge on any atom is 0.401 e. The van der Waals surface area contributed by atoms with Gasteiger partial charge in [-0.25, -0.2) is 5.84 Å². The molecule has 0 aliphatic carbocycles. The van der Waals surface area contributed by atoms with Gasteiger partial charge in [0.1, 0.15) is 0 Å². The number of aliphatic hydroxyl groups excluding tert-OH is 1. The number of alkyl halides is 3. The lowest BCUT2D eigenvalue weighted by Crippen LogP contribution is -2.42. The highest BCUT2D eigenvalue weighted by atomic mass is 19.4. The van der Waals surface area contributed by atoms with E-state index in [4.69, 9.17) is 10.9 Å². The summed E-state index contributed by atoms with van der Waals surface area (Å²) in [6, 6.07) is -0.457. The summed E-state index contributed by atoms with van der Waals surface area (Å²) < 4.78 is 36.7. The Balaban J connectivity index is 4.23. The number of hydrazine groups is 1. The molecule has 0 aliphatic heterocycles. The largest absolute Gasteiger partial charge is 0.401 e. The van der Waals surface area contributed by atoms with Crippen LogP contribution in [0.15, 0.2) is 0 Å². The number of nitrogens with two attached hydrogens (primary N) is 1. The number of rotatable bonds is 7. The van der Waals surface area contributed by atoms with Gasteiger partial charge in [0.15, 0.2) is 0 Å². The fourth-order valence-electron chi connectivity index (χ4n) is 1.41. The van der Waals surface area contributed by atoms with Gasteiger partial charge in [-0.1, -0.05) is 0 Å². The molecule has 0 aromatic carbocycles. The van der Waals surface area contributed by atoms with Crippen molar-refractivity contribution < 1.29 is 23.1 Å². The Morgan fingerprint density at radius 2 is 2.12 bits per heavy atom. The number of halogens is 3. The Kier molecular flexibility index (Phi) is 7.09. The monoisotopic (exact) mass is 257 g/mol. The zero-order valence-corrected chi connectivity index (χ0v) is 9.63. The van der Waals surface area contributed by atoms with Crippen LogP contribution in [0.1, 0.15) is 19.8 Å². The Labute approximate surface area is 97.7 Å². The fourth-order valence-corrected chi connectivity index (χ4v) is 1.41. The zero-order chi connectivity index (χ0) is 13.5. The van der Waals surface area contributed by atoms with E-state index < -0.39 is 24.7 Å². The second-order valence-corrected chi connectivity index (χ2v) is 3.76. The molecule has 0 radical (unpaired) electrons. The number of carbonyl (C=O) groups excluding carboxylic acids is 1. The molecule has 8 heteroatoms. The van der Waals surface area contributed by atoms with E-state index in [0.29, 0.717) is 0 Å². The molecular weight excluding hydrogens is 239 g/mol. The highest BCUT2D eigenvalue weighted by Crippen LogP contribution is 2.19.